The normalized spacial score (nSPS) is 19.9. The Kier molecular flexibility index (Phi) is 4.65. The number of ether oxygens (including phenoxy) is 1. The molecule has 0 amide bonds. The number of aliphatic hydroxyl groups is 1. The second-order valence-corrected chi connectivity index (χ2v) is 6.37. The van der Waals surface area contributed by atoms with Gasteiger partial charge in [-0.2, -0.15) is 9.78 Å². The third kappa shape index (κ3) is 3.27. The van der Waals surface area contributed by atoms with Gasteiger partial charge in [0.25, 0.3) is 0 Å². The van der Waals surface area contributed by atoms with Gasteiger partial charge in [0, 0.05) is 11.8 Å². The number of aliphatic hydroxyl groups excluding tert-OH is 1. The van der Waals surface area contributed by atoms with Crippen molar-refractivity contribution in [1.82, 2.24) is 0 Å². The molecule has 0 spiro atoms. The summed E-state index contributed by atoms with van der Waals surface area (Å²) in [4.78, 5) is 22.2. The van der Waals surface area contributed by atoms with Crippen LogP contribution in [-0.4, -0.2) is 28.6 Å². The predicted molar refractivity (Wildman–Crippen MR) is 70.1 cm³/mol. The van der Waals surface area contributed by atoms with Gasteiger partial charge in [0.1, 0.15) is 5.60 Å². The molecule has 112 valence electrons. The largest absolute Gasteiger partial charge is 0.455 e. The Morgan fingerprint density at radius 3 is 2.00 bits per heavy atom. The fourth-order valence-electron chi connectivity index (χ4n) is 2.19. The third-order valence-corrected chi connectivity index (χ3v) is 3.77. The van der Waals surface area contributed by atoms with Gasteiger partial charge >= 0.3 is 11.8 Å². The number of hydrogen-bond donors (Lipinski definition) is 1. The molecule has 1 aliphatic rings. The lowest BCUT2D eigenvalue weighted by molar-refractivity contribution is -0.176. The summed E-state index contributed by atoms with van der Waals surface area (Å²) >= 11 is 0. The molecule has 5 nitrogen and oxygen atoms in total. The molecule has 1 saturated heterocycles. The molecule has 19 heavy (non-hydrogen) atoms. The topological polar surface area (TPSA) is 71.6 Å². The highest BCUT2D eigenvalue weighted by Gasteiger charge is 2.67. The van der Waals surface area contributed by atoms with E-state index in [0.717, 1.165) is 0 Å². The van der Waals surface area contributed by atoms with Gasteiger partial charge in [-0.15, -0.1) is 0 Å². The average Bonchev–Trinajstić information content (AvgIpc) is 3.07. The summed E-state index contributed by atoms with van der Waals surface area (Å²) in [5.41, 5.74) is -1.17. The Morgan fingerprint density at radius 1 is 1.26 bits per heavy atom. The summed E-state index contributed by atoms with van der Waals surface area (Å²) in [6.45, 7) is 11.1. The standard InChI is InChI=1S/C14H26O5/c1-7-13(8-2,9-10(3)15)17-11(16)14(18-19-14)12(4,5)6/h10,15H,7-9H2,1-6H3. The van der Waals surface area contributed by atoms with Crippen LogP contribution >= 0.6 is 0 Å². The van der Waals surface area contributed by atoms with Crippen molar-refractivity contribution in [1.29, 1.82) is 0 Å². The molecule has 0 bridgehead atoms. The molecular weight excluding hydrogens is 248 g/mol. The third-order valence-electron chi connectivity index (χ3n) is 3.77. The van der Waals surface area contributed by atoms with E-state index in [1.165, 1.54) is 0 Å². The SMILES string of the molecule is CCC(CC)(CC(C)O)OC(=O)C1(C(C)(C)C)OO1. The molecule has 5 heteroatoms. The molecule has 0 aromatic carbocycles. The highest BCUT2D eigenvalue weighted by Crippen LogP contribution is 2.48. The van der Waals surface area contributed by atoms with Gasteiger partial charge in [-0.25, -0.2) is 4.79 Å². The first-order chi connectivity index (χ1) is 8.62. The maximum absolute atomic E-state index is 12.3. The molecule has 0 aliphatic carbocycles. The van der Waals surface area contributed by atoms with Gasteiger partial charge in [-0.1, -0.05) is 34.6 Å². The highest BCUT2D eigenvalue weighted by atomic mass is 17.4. The average molecular weight is 274 g/mol. The van der Waals surface area contributed by atoms with Crippen molar-refractivity contribution in [2.45, 2.75) is 78.3 Å². The molecule has 0 aromatic heterocycles. The highest BCUT2D eigenvalue weighted by molar-refractivity contribution is 5.80. The van der Waals surface area contributed by atoms with Gasteiger partial charge in [-0.05, 0) is 19.8 Å². The first kappa shape index (κ1) is 16.4. The maximum atomic E-state index is 12.3. The van der Waals surface area contributed by atoms with Crippen LogP contribution in [0.15, 0.2) is 0 Å². The van der Waals surface area contributed by atoms with Crippen molar-refractivity contribution in [2.24, 2.45) is 5.41 Å². The first-order valence-electron chi connectivity index (χ1n) is 6.91. The van der Waals surface area contributed by atoms with Gasteiger partial charge < -0.3 is 9.84 Å². The summed E-state index contributed by atoms with van der Waals surface area (Å²) < 4.78 is 5.65. The Labute approximate surface area is 115 Å². The van der Waals surface area contributed by atoms with Crippen LogP contribution in [0, 0.1) is 5.41 Å². The van der Waals surface area contributed by atoms with Crippen molar-refractivity contribution in [3.63, 3.8) is 0 Å². The van der Waals surface area contributed by atoms with Crippen molar-refractivity contribution in [3.05, 3.63) is 0 Å². The monoisotopic (exact) mass is 274 g/mol. The fraction of sp³-hybridized carbons (Fsp3) is 0.929. The van der Waals surface area contributed by atoms with Crippen LogP contribution in [0.1, 0.15) is 60.8 Å². The second kappa shape index (κ2) is 5.38. The Hall–Kier alpha value is -0.650. The summed E-state index contributed by atoms with van der Waals surface area (Å²) in [7, 11) is 0. The molecule has 0 radical (unpaired) electrons. The van der Waals surface area contributed by atoms with Gasteiger partial charge in [0.15, 0.2) is 0 Å². The summed E-state index contributed by atoms with van der Waals surface area (Å²) in [5.74, 6) is -1.81. The number of hydrogen-bond acceptors (Lipinski definition) is 5. The number of carbonyl (C=O) groups is 1. The van der Waals surface area contributed by atoms with E-state index >= 15 is 0 Å². The van der Waals surface area contributed by atoms with E-state index in [-0.39, 0.29) is 0 Å². The van der Waals surface area contributed by atoms with E-state index in [2.05, 4.69) is 0 Å². The van der Waals surface area contributed by atoms with E-state index in [9.17, 15) is 9.90 Å². The van der Waals surface area contributed by atoms with Crippen LogP contribution in [0.4, 0.5) is 0 Å². The fourth-order valence-corrected chi connectivity index (χ4v) is 2.19. The van der Waals surface area contributed by atoms with Crippen molar-refractivity contribution >= 4 is 5.97 Å². The van der Waals surface area contributed by atoms with Crippen LogP contribution in [-0.2, 0) is 19.3 Å². The zero-order chi connectivity index (χ0) is 14.9. The minimum atomic E-state index is -1.30. The maximum Gasteiger partial charge on any atom is 0.373 e. The molecule has 0 saturated carbocycles. The van der Waals surface area contributed by atoms with E-state index < -0.39 is 28.9 Å². The van der Waals surface area contributed by atoms with Gasteiger partial charge in [-0.3, -0.25) is 0 Å². The van der Waals surface area contributed by atoms with Crippen LogP contribution < -0.4 is 0 Å². The minimum absolute atomic E-state index is 0.409. The van der Waals surface area contributed by atoms with Crippen LogP contribution in [0.5, 0.6) is 0 Å². The molecule has 1 atom stereocenters. The van der Waals surface area contributed by atoms with E-state index in [0.29, 0.717) is 19.3 Å². The Bertz CT molecular complexity index is 321. The minimum Gasteiger partial charge on any atom is -0.455 e. The van der Waals surface area contributed by atoms with Crippen molar-refractivity contribution in [2.75, 3.05) is 0 Å². The van der Waals surface area contributed by atoms with Crippen LogP contribution in [0.2, 0.25) is 0 Å². The van der Waals surface area contributed by atoms with E-state index in [4.69, 9.17) is 14.5 Å². The van der Waals surface area contributed by atoms with Crippen LogP contribution in [0.25, 0.3) is 0 Å². The predicted octanol–water partition coefficient (Wildman–Crippen LogP) is 2.56. The number of rotatable bonds is 6. The second-order valence-electron chi connectivity index (χ2n) is 6.37. The molecule has 1 aliphatic heterocycles. The molecule has 0 aromatic rings. The number of esters is 1. The van der Waals surface area contributed by atoms with Crippen molar-refractivity contribution in [3.8, 4) is 0 Å². The van der Waals surface area contributed by atoms with Gasteiger partial charge in [0.2, 0.25) is 0 Å². The summed E-state index contributed by atoms with van der Waals surface area (Å²) in [6.07, 6.45) is 1.16. The van der Waals surface area contributed by atoms with Crippen molar-refractivity contribution < 1.29 is 24.4 Å². The zero-order valence-corrected chi connectivity index (χ0v) is 12.8. The first-order valence-corrected chi connectivity index (χ1v) is 6.91. The van der Waals surface area contributed by atoms with Gasteiger partial charge in [0.05, 0.1) is 6.10 Å². The molecule has 1 heterocycles. The smallest absolute Gasteiger partial charge is 0.373 e. The zero-order valence-electron chi connectivity index (χ0n) is 12.8. The summed E-state index contributed by atoms with van der Waals surface area (Å²) in [5, 5.41) is 9.59. The Morgan fingerprint density at radius 2 is 1.74 bits per heavy atom. The van der Waals surface area contributed by atoms with E-state index in [1.54, 1.807) is 6.92 Å². The lowest BCUT2D eigenvalue weighted by Gasteiger charge is -2.34. The molecule has 1 fully saturated rings. The molecule has 1 rings (SSSR count). The van der Waals surface area contributed by atoms with Crippen LogP contribution in [0.3, 0.4) is 0 Å². The molecular formula is C14H26O5. The molecule has 1 unspecified atom stereocenters. The Balaban J connectivity index is 2.84. The summed E-state index contributed by atoms with van der Waals surface area (Å²) in [6, 6.07) is 0. The van der Waals surface area contributed by atoms with E-state index in [1.807, 2.05) is 34.6 Å². The number of carbonyl (C=O) groups excluding carboxylic acids is 1. The molecule has 1 N–H and O–H groups in total. The lowest BCUT2D eigenvalue weighted by Crippen LogP contribution is -2.46. The lowest BCUT2D eigenvalue weighted by atomic mass is 9.85. The quantitative estimate of drug-likeness (QED) is 0.458.